The highest BCUT2D eigenvalue weighted by molar-refractivity contribution is 5.84. The van der Waals surface area contributed by atoms with E-state index >= 15 is 0 Å². The van der Waals surface area contributed by atoms with E-state index in [1.807, 2.05) is 7.05 Å². The zero-order valence-electron chi connectivity index (χ0n) is 13.3. The molecular formula is C15H24N6. The molecule has 0 spiro atoms. The maximum absolute atomic E-state index is 6.02. The molecule has 3 heterocycles. The van der Waals surface area contributed by atoms with Gasteiger partial charge in [-0.15, -0.1) is 0 Å². The fraction of sp³-hybridized carbons (Fsp3) is 0.667. The molecule has 1 atom stereocenters. The summed E-state index contributed by atoms with van der Waals surface area (Å²) >= 11 is 0. The van der Waals surface area contributed by atoms with Gasteiger partial charge in [0.25, 0.3) is 0 Å². The lowest BCUT2D eigenvalue weighted by molar-refractivity contribution is 0.224. The summed E-state index contributed by atoms with van der Waals surface area (Å²) in [6.07, 6.45) is 2.97. The third-order valence-electron chi connectivity index (χ3n) is 4.53. The standard InChI is InChI=1S/C15H24N6/c1-15(2,3)10-5-6-21(8-10)9-12-18-13(16)11-7-17-20(4)14(11)19-12/h7,10H,5-6,8-9H2,1-4H3,(H2,16,18,19). The van der Waals surface area contributed by atoms with Gasteiger partial charge in [-0.1, -0.05) is 20.8 Å². The summed E-state index contributed by atoms with van der Waals surface area (Å²) in [6, 6.07) is 0. The van der Waals surface area contributed by atoms with Crippen molar-refractivity contribution in [2.45, 2.75) is 33.7 Å². The molecule has 0 amide bonds. The molecule has 6 heteroatoms. The maximum atomic E-state index is 6.02. The average molecular weight is 288 g/mol. The van der Waals surface area contributed by atoms with Crippen LogP contribution in [0.1, 0.15) is 33.0 Å². The van der Waals surface area contributed by atoms with Crippen LogP contribution in [0.4, 0.5) is 5.82 Å². The molecule has 2 aromatic rings. The van der Waals surface area contributed by atoms with Gasteiger partial charge in [-0.25, -0.2) is 9.97 Å². The van der Waals surface area contributed by atoms with Gasteiger partial charge in [0.2, 0.25) is 0 Å². The van der Waals surface area contributed by atoms with Crippen LogP contribution >= 0.6 is 0 Å². The monoisotopic (exact) mass is 288 g/mol. The van der Waals surface area contributed by atoms with Crippen LogP contribution in [0.5, 0.6) is 0 Å². The van der Waals surface area contributed by atoms with E-state index in [2.05, 4.69) is 40.7 Å². The third-order valence-corrected chi connectivity index (χ3v) is 4.53. The summed E-state index contributed by atoms with van der Waals surface area (Å²) in [6.45, 7) is 9.93. The summed E-state index contributed by atoms with van der Waals surface area (Å²) in [5.74, 6) is 2.04. The molecular weight excluding hydrogens is 264 g/mol. The molecule has 114 valence electrons. The smallest absolute Gasteiger partial charge is 0.163 e. The largest absolute Gasteiger partial charge is 0.383 e. The molecule has 0 bridgehead atoms. The van der Waals surface area contributed by atoms with E-state index in [0.29, 0.717) is 11.2 Å². The fourth-order valence-corrected chi connectivity index (χ4v) is 3.04. The molecule has 1 fully saturated rings. The molecule has 0 saturated carbocycles. The number of aromatic nitrogens is 4. The van der Waals surface area contributed by atoms with Gasteiger partial charge in [0.1, 0.15) is 11.6 Å². The lowest BCUT2D eigenvalue weighted by Crippen LogP contribution is -2.26. The van der Waals surface area contributed by atoms with Gasteiger partial charge in [-0.05, 0) is 24.3 Å². The Morgan fingerprint density at radius 3 is 2.76 bits per heavy atom. The quantitative estimate of drug-likeness (QED) is 0.912. The summed E-state index contributed by atoms with van der Waals surface area (Å²) in [7, 11) is 1.88. The van der Waals surface area contributed by atoms with Crippen LogP contribution in [-0.4, -0.2) is 37.7 Å². The molecule has 0 aliphatic carbocycles. The van der Waals surface area contributed by atoms with Crippen LogP contribution in [0.25, 0.3) is 11.0 Å². The Hall–Kier alpha value is -1.69. The summed E-state index contributed by atoms with van der Waals surface area (Å²) in [4.78, 5) is 11.5. The number of fused-ring (bicyclic) bond motifs is 1. The minimum atomic E-state index is 0.362. The van der Waals surface area contributed by atoms with Crippen molar-refractivity contribution in [3.63, 3.8) is 0 Å². The van der Waals surface area contributed by atoms with E-state index < -0.39 is 0 Å². The Labute approximate surface area is 125 Å². The minimum Gasteiger partial charge on any atom is -0.383 e. The molecule has 21 heavy (non-hydrogen) atoms. The molecule has 6 nitrogen and oxygen atoms in total. The molecule has 0 radical (unpaired) electrons. The van der Waals surface area contributed by atoms with Crippen LogP contribution < -0.4 is 5.73 Å². The number of rotatable bonds is 2. The highest BCUT2D eigenvalue weighted by Crippen LogP contribution is 2.34. The Kier molecular flexibility index (Phi) is 3.36. The Morgan fingerprint density at radius 2 is 2.10 bits per heavy atom. The lowest BCUT2D eigenvalue weighted by Gasteiger charge is -2.27. The van der Waals surface area contributed by atoms with Crippen molar-refractivity contribution >= 4 is 16.9 Å². The highest BCUT2D eigenvalue weighted by atomic mass is 15.3. The number of hydrogen-bond donors (Lipinski definition) is 1. The van der Waals surface area contributed by atoms with Crippen molar-refractivity contribution < 1.29 is 0 Å². The molecule has 2 N–H and O–H groups in total. The zero-order chi connectivity index (χ0) is 15.2. The average Bonchev–Trinajstić information content (AvgIpc) is 2.97. The number of nitrogens with zero attached hydrogens (tertiary/aromatic N) is 5. The first-order valence-corrected chi connectivity index (χ1v) is 7.51. The van der Waals surface area contributed by atoms with Crippen molar-refractivity contribution in [3.05, 3.63) is 12.0 Å². The van der Waals surface area contributed by atoms with Gasteiger partial charge in [-0.3, -0.25) is 9.58 Å². The molecule has 1 unspecified atom stereocenters. The predicted molar refractivity (Wildman–Crippen MR) is 83.6 cm³/mol. The normalized spacial score (nSPS) is 20.5. The molecule has 1 aliphatic heterocycles. The van der Waals surface area contributed by atoms with Gasteiger partial charge in [0.15, 0.2) is 5.65 Å². The van der Waals surface area contributed by atoms with Crippen molar-refractivity contribution in [2.75, 3.05) is 18.8 Å². The molecule has 2 aromatic heterocycles. The maximum Gasteiger partial charge on any atom is 0.163 e. The first-order chi connectivity index (χ1) is 9.84. The van der Waals surface area contributed by atoms with Crippen molar-refractivity contribution in [1.29, 1.82) is 0 Å². The molecule has 3 rings (SSSR count). The van der Waals surface area contributed by atoms with Crippen LogP contribution in [0, 0.1) is 11.3 Å². The van der Waals surface area contributed by atoms with Gasteiger partial charge in [-0.2, -0.15) is 5.10 Å². The van der Waals surface area contributed by atoms with E-state index in [1.165, 1.54) is 6.42 Å². The number of anilines is 1. The molecule has 0 aromatic carbocycles. The van der Waals surface area contributed by atoms with Crippen LogP contribution in [0.2, 0.25) is 0 Å². The van der Waals surface area contributed by atoms with Crippen molar-refractivity contribution in [1.82, 2.24) is 24.6 Å². The van der Waals surface area contributed by atoms with E-state index in [4.69, 9.17) is 5.73 Å². The number of likely N-dealkylation sites (tertiary alicyclic amines) is 1. The number of hydrogen-bond acceptors (Lipinski definition) is 5. The topological polar surface area (TPSA) is 72.9 Å². The first-order valence-electron chi connectivity index (χ1n) is 7.51. The lowest BCUT2D eigenvalue weighted by atomic mass is 9.80. The summed E-state index contributed by atoms with van der Waals surface area (Å²) in [5.41, 5.74) is 7.19. The Morgan fingerprint density at radius 1 is 1.33 bits per heavy atom. The predicted octanol–water partition coefficient (Wildman–Crippen LogP) is 1.81. The molecule has 1 aliphatic rings. The Balaban J connectivity index is 1.78. The zero-order valence-corrected chi connectivity index (χ0v) is 13.3. The first kappa shape index (κ1) is 14.3. The fourth-order valence-electron chi connectivity index (χ4n) is 3.04. The summed E-state index contributed by atoms with van der Waals surface area (Å²) in [5, 5.41) is 5.02. The van der Waals surface area contributed by atoms with Crippen LogP contribution in [0.3, 0.4) is 0 Å². The number of nitrogens with two attached hydrogens (primary N) is 1. The van der Waals surface area contributed by atoms with Crippen LogP contribution in [-0.2, 0) is 13.6 Å². The second-order valence-electron chi connectivity index (χ2n) is 7.12. The van der Waals surface area contributed by atoms with Crippen molar-refractivity contribution in [2.24, 2.45) is 18.4 Å². The van der Waals surface area contributed by atoms with E-state index in [9.17, 15) is 0 Å². The van der Waals surface area contributed by atoms with Gasteiger partial charge in [0.05, 0.1) is 18.1 Å². The Bertz CT molecular complexity index is 654. The second-order valence-corrected chi connectivity index (χ2v) is 7.12. The van der Waals surface area contributed by atoms with E-state index in [0.717, 1.165) is 42.4 Å². The number of aryl methyl sites for hydroxylation is 1. The van der Waals surface area contributed by atoms with Crippen LogP contribution in [0.15, 0.2) is 6.20 Å². The SMILES string of the molecule is Cn1ncc2c(N)nc(CN3CCC(C(C)(C)C)C3)nc21. The van der Waals surface area contributed by atoms with Gasteiger partial charge >= 0.3 is 0 Å². The third kappa shape index (κ3) is 2.72. The van der Waals surface area contributed by atoms with Gasteiger partial charge < -0.3 is 5.73 Å². The molecule has 1 saturated heterocycles. The summed E-state index contributed by atoms with van der Waals surface area (Å²) < 4.78 is 1.75. The van der Waals surface area contributed by atoms with Crippen molar-refractivity contribution in [3.8, 4) is 0 Å². The van der Waals surface area contributed by atoms with E-state index in [1.54, 1.807) is 10.9 Å². The second kappa shape index (κ2) is 4.94. The number of nitrogen functional groups attached to an aromatic ring is 1. The van der Waals surface area contributed by atoms with Gasteiger partial charge in [0, 0.05) is 13.6 Å². The van der Waals surface area contributed by atoms with E-state index in [-0.39, 0.29) is 0 Å². The minimum absolute atomic E-state index is 0.362. The highest BCUT2D eigenvalue weighted by Gasteiger charge is 2.32.